The summed E-state index contributed by atoms with van der Waals surface area (Å²) >= 11 is 0. The number of aryl methyl sites for hydroxylation is 1. The minimum Gasteiger partial charge on any atom is -0.497 e. The Morgan fingerprint density at radius 1 is 1.17 bits per heavy atom. The van der Waals surface area contributed by atoms with Crippen LogP contribution in [0.4, 0.5) is 11.6 Å². The first-order chi connectivity index (χ1) is 11.5. The van der Waals surface area contributed by atoms with Crippen molar-refractivity contribution >= 4 is 35.7 Å². The van der Waals surface area contributed by atoms with Crippen LogP contribution < -0.4 is 20.3 Å². The van der Waals surface area contributed by atoms with Crippen molar-refractivity contribution < 1.29 is 9.47 Å². The average Bonchev–Trinajstić information content (AvgIpc) is 2.92. The Morgan fingerprint density at radius 3 is 2.58 bits per heavy atom. The number of aromatic amines is 1. The fourth-order valence-electron chi connectivity index (χ4n) is 2.43. The number of rotatable bonds is 5. The van der Waals surface area contributed by atoms with Crippen molar-refractivity contribution in [3.63, 3.8) is 0 Å². The molecule has 0 aliphatic rings. The number of anilines is 2. The van der Waals surface area contributed by atoms with E-state index in [9.17, 15) is 0 Å². The molecule has 0 aliphatic heterocycles. The maximum Gasteiger partial charge on any atom is 0.223 e. The van der Waals surface area contributed by atoms with Crippen LogP contribution in [0.1, 0.15) is 19.5 Å². The lowest BCUT2D eigenvalue weighted by atomic mass is 9.92. The number of hydrogen-bond donors (Lipinski definition) is 2. The van der Waals surface area contributed by atoms with E-state index in [0.717, 1.165) is 16.5 Å². The number of methoxy groups -OCH3 is 1. The lowest BCUT2D eigenvalue weighted by Crippen LogP contribution is -2.11. The minimum atomic E-state index is -0.00750. The van der Waals surface area contributed by atoms with Gasteiger partial charge in [-0.3, -0.25) is 5.10 Å². The number of aromatic nitrogens is 3. The van der Waals surface area contributed by atoms with Crippen LogP contribution in [0.2, 0.25) is 0 Å². The number of pyridine rings is 1. The fourth-order valence-corrected chi connectivity index (χ4v) is 2.43. The lowest BCUT2D eigenvalue weighted by molar-refractivity contribution is 0.236. The second kappa shape index (κ2) is 6.43. The fraction of sp³-hybridized carbons (Fsp3) is 0.294. The smallest absolute Gasteiger partial charge is 0.223 e. The Hall–Kier alpha value is -2.70. The zero-order valence-electron chi connectivity index (χ0n) is 14.2. The number of nitrogens with one attached hydrogen (secondary N) is 2. The summed E-state index contributed by atoms with van der Waals surface area (Å²) in [6.45, 7) is 5.85. The van der Waals surface area contributed by atoms with Crippen molar-refractivity contribution in [1.29, 1.82) is 0 Å². The third-order valence-electron chi connectivity index (χ3n) is 3.46. The zero-order valence-corrected chi connectivity index (χ0v) is 14.2. The van der Waals surface area contributed by atoms with E-state index in [1.165, 1.54) is 0 Å². The largest absolute Gasteiger partial charge is 0.497 e. The van der Waals surface area contributed by atoms with Gasteiger partial charge in [0.15, 0.2) is 5.82 Å². The van der Waals surface area contributed by atoms with Crippen LogP contribution in [0.3, 0.4) is 0 Å². The summed E-state index contributed by atoms with van der Waals surface area (Å²) in [5, 5.41) is 12.0. The maximum absolute atomic E-state index is 6.02. The Kier molecular flexibility index (Phi) is 4.33. The van der Waals surface area contributed by atoms with E-state index in [0.29, 0.717) is 28.7 Å². The second-order valence-electron chi connectivity index (χ2n) is 5.86. The minimum absolute atomic E-state index is 0.00750. The van der Waals surface area contributed by atoms with Crippen LogP contribution >= 0.6 is 0 Å². The van der Waals surface area contributed by atoms with Crippen molar-refractivity contribution in [3.05, 3.63) is 30.0 Å². The standard InChI is InChI=1S/C17H19BN4O2/c1-9(2)24-17-12-8-13(18)14(23-4)6-11(12)7-15(20-17)19-16-5-10(3)21-22-16/h5-9H,1-4H3,(H2,19,20,21,22). The van der Waals surface area contributed by atoms with Crippen molar-refractivity contribution in [2.45, 2.75) is 26.9 Å². The molecule has 0 spiro atoms. The quantitative estimate of drug-likeness (QED) is 0.707. The first kappa shape index (κ1) is 16.2. The number of hydrogen-bond acceptors (Lipinski definition) is 5. The van der Waals surface area contributed by atoms with Crippen molar-refractivity contribution in [2.24, 2.45) is 0 Å². The van der Waals surface area contributed by atoms with Gasteiger partial charge in [-0.1, -0.05) is 11.5 Å². The SMILES string of the molecule is [B]c1cc2c(OC(C)C)nc(Nc3cc(C)[nH]n3)cc2cc1OC. The van der Waals surface area contributed by atoms with Gasteiger partial charge in [-0.25, -0.2) is 0 Å². The number of H-pyrrole nitrogens is 1. The van der Waals surface area contributed by atoms with Gasteiger partial charge in [-0.05, 0) is 38.3 Å². The van der Waals surface area contributed by atoms with Gasteiger partial charge in [0.05, 0.1) is 13.2 Å². The molecule has 0 atom stereocenters. The Labute approximate surface area is 142 Å². The summed E-state index contributed by atoms with van der Waals surface area (Å²) in [4.78, 5) is 4.56. The molecule has 2 heterocycles. The van der Waals surface area contributed by atoms with Gasteiger partial charge >= 0.3 is 0 Å². The van der Waals surface area contributed by atoms with E-state index in [1.807, 2.05) is 45.0 Å². The van der Waals surface area contributed by atoms with E-state index in [1.54, 1.807) is 7.11 Å². The van der Waals surface area contributed by atoms with Gasteiger partial charge in [0, 0.05) is 17.1 Å². The molecule has 122 valence electrons. The summed E-state index contributed by atoms with van der Waals surface area (Å²) in [7, 11) is 7.62. The van der Waals surface area contributed by atoms with Gasteiger partial charge in [0.2, 0.25) is 5.88 Å². The molecule has 0 saturated carbocycles. The van der Waals surface area contributed by atoms with Gasteiger partial charge in [0.25, 0.3) is 0 Å². The third kappa shape index (κ3) is 3.30. The van der Waals surface area contributed by atoms with E-state index < -0.39 is 0 Å². The molecule has 0 bridgehead atoms. The lowest BCUT2D eigenvalue weighted by Gasteiger charge is -2.15. The average molecular weight is 322 g/mol. The first-order valence-corrected chi connectivity index (χ1v) is 7.70. The molecule has 2 N–H and O–H groups in total. The number of benzene rings is 1. The van der Waals surface area contributed by atoms with Crippen LogP contribution in [0.15, 0.2) is 24.3 Å². The summed E-state index contributed by atoms with van der Waals surface area (Å²) in [6, 6.07) is 7.51. The predicted molar refractivity (Wildman–Crippen MR) is 96.1 cm³/mol. The summed E-state index contributed by atoms with van der Waals surface area (Å²) in [5.41, 5.74) is 1.51. The molecule has 3 aromatic rings. The molecule has 0 aliphatic carbocycles. The summed E-state index contributed by atoms with van der Waals surface area (Å²) < 4.78 is 11.2. The highest BCUT2D eigenvalue weighted by Crippen LogP contribution is 2.30. The molecule has 0 unspecified atom stereocenters. The zero-order chi connectivity index (χ0) is 17.3. The Balaban J connectivity index is 2.10. The van der Waals surface area contributed by atoms with Crippen LogP contribution in [-0.4, -0.2) is 36.2 Å². The van der Waals surface area contributed by atoms with E-state index in [4.69, 9.17) is 17.3 Å². The highest BCUT2D eigenvalue weighted by molar-refractivity contribution is 6.35. The summed E-state index contributed by atoms with van der Waals surface area (Å²) in [5.74, 6) is 2.46. The Morgan fingerprint density at radius 2 is 1.96 bits per heavy atom. The molecule has 7 heteroatoms. The highest BCUT2D eigenvalue weighted by Gasteiger charge is 2.12. The van der Waals surface area contributed by atoms with Gasteiger partial charge in [-0.2, -0.15) is 10.1 Å². The summed E-state index contributed by atoms with van der Waals surface area (Å²) in [6.07, 6.45) is -0.00750. The van der Waals surface area contributed by atoms with E-state index in [-0.39, 0.29) is 6.10 Å². The molecule has 24 heavy (non-hydrogen) atoms. The van der Waals surface area contributed by atoms with E-state index >= 15 is 0 Å². The topological polar surface area (TPSA) is 72.1 Å². The molecule has 3 rings (SSSR count). The van der Waals surface area contributed by atoms with Crippen molar-refractivity contribution in [1.82, 2.24) is 15.2 Å². The molecule has 0 saturated heterocycles. The van der Waals surface area contributed by atoms with Crippen LogP contribution in [0.25, 0.3) is 10.8 Å². The van der Waals surface area contributed by atoms with Gasteiger partial charge in [0.1, 0.15) is 19.4 Å². The van der Waals surface area contributed by atoms with Crippen molar-refractivity contribution in [3.8, 4) is 11.6 Å². The van der Waals surface area contributed by atoms with Gasteiger partial charge in [-0.15, -0.1) is 0 Å². The third-order valence-corrected chi connectivity index (χ3v) is 3.46. The van der Waals surface area contributed by atoms with Gasteiger partial charge < -0.3 is 14.8 Å². The van der Waals surface area contributed by atoms with Crippen LogP contribution in [-0.2, 0) is 0 Å². The predicted octanol–water partition coefficient (Wildman–Crippen LogP) is 2.60. The molecule has 6 nitrogen and oxygen atoms in total. The van der Waals surface area contributed by atoms with Crippen LogP contribution in [0.5, 0.6) is 11.6 Å². The van der Waals surface area contributed by atoms with E-state index in [2.05, 4.69) is 20.5 Å². The molecule has 0 amide bonds. The normalized spacial score (nSPS) is 11.0. The number of fused-ring (bicyclic) bond motifs is 1. The molecular formula is C17H19BN4O2. The molecule has 1 aromatic carbocycles. The monoisotopic (exact) mass is 322 g/mol. The number of nitrogens with zero attached hydrogens (tertiary/aromatic N) is 2. The first-order valence-electron chi connectivity index (χ1n) is 7.70. The Bertz CT molecular complexity index is 876. The highest BCUT2D eigenvalue weighted by atomic mass is 16.5. The molecule has 0 fully saturated rings. The molecule has 2 radical (unpaired) electrons. The van der Waals surface area contributed by atoms with Crippen LogP contribution in [0, 0.1) is 6.92 Å². The second-order valence-corrected chi connectivity index (χ2v) is 5.86. The maximum atomic E-state index is 6.02. The molecule has 2 aromatic heterocycles. The van der Waals surface area contributed by atoms with Crippen molar-refractivity contribution in [2.75, 3.05) is 12.4 Å². The molecular weight excluding hydrogens is 303 g/mol. The number of ether oxygens (including phenoxy) is 2.